The van der Waals surface area contributed by atoms with Crippen molar-refractivity contribution in [1.82, 2.24) is 0 Å². The molecule has 2 nitrogen and oxygen atoms in total. The molecule has 1 saturated carbocycles. The first-order valence-electron chi connectivity index (χ1n) is 8.08. The Labute approximate surface area is 142 Å². The lowest BCUT2D eigenvalue weighted by Gasteiger charge is -2.33. The number of carbonyl (C=O) groups is 1. The van der Waals surface area contributed by atoms with Crippen molar-refractivity contribution in [3.8, 4) is 5.75 Å². The van der Waals surface area contributed by atoms with Gasteiger partial charge < -0.3 is 4.74 Å². The van der Waals surface area contributed by atoms with Gasteiger partial charge in [-0.2, -0.15) is 0 Å². The summed E-state index contributed by atoms with van der Waals surface area (Å²) in [4.78, 5) is 13.3. The fraction of sp³-hybridized carbons (Fsp3) is 0.611. The third-order valence-electron chi connectivity index (χ3n) is 5.62. The minimum atomic E-state index is -0.302. The normalized spacial score (nSPS) is 25.9. The first kappa shape index (κ1) is 16.1. The Morgan fingerprint density at radius 2 is 1.86 bits per heavy atom. The molecule has 1 aromatic rings. The van der Waals surface area contributed by atoms with Crippen molar-refractivity contribution >= 4 is 29.0 Å². The van der Waals surface area contributed by atoms with E-state index in [0.717, 1.165) is 37.7 Å². The Bertz CT molecular complexity index is 606. The Balaban J connectivity index is 2.11. The zero-order valence-electron chi connectivity index (χ0n) is 13.2. The maximum atomic E-state index is 13.3. The lowest BCUT2D eigenvalue weighted by Crippen LogP contribution is -2.34. The van der Waals surface area contributed by atoms with Gasteiger partial charge in [0.05, 0.1) is 12.1 Å². The van der Waals surface area contributed by atoms with E-state index in [2.05, 4.69) is 6.92 Å². The molecule has 22 heavy (non-hydrogen) atoms. The average molecular weight is 341 g/mol. The second kappa shape index (κ2) is 6.05. The van der Waals surface area contributed by atoms with Crippen LogP contribution < -0.4 is 4.74 Å². The first-order chi connectivity index (χ1) is 10.5. The Morgan fingerprint density at radius 3 is 2.50 bits per heavy atom. The van der Waals surface area contributed by atoms with Gasteiger partial charge in [-0.1, -0.05) is 43.0 Å². The monoisotopic (exact) mass is 340 g/mol. The molecule has 3 rings (SSSR count). The van der Waals surface area contributed by atoms with E-state index >= 15 is 0 Å². The molecule has 120 valence electrons. The van der Waals surface area contributed by atoms with Gasteiger partial charge in [0.2, 0.25) is 0 Å². The topological polar surface area (TPSA) is 26.3 Å². The largest absolute Gasteiger partial charge is 0.495 e. The van der Waals surface area contributed by atoms with Gasteiger partial charge in [0.25, 0.3) is 0 Å². The molecule has 1 unspecified atom stereocenters. The van der Waals surface area contributed by atoms with E-state index in [4.69, 9.17) is 27.9 Å². The number of hydrogen-bond donors (Lipinski definition) is 0. The number of halogens is 2. The summed E-state index contributed by atoms with van der Waals surface area (Å²) >= 11 is 12.8. The van der Waals surface area contributed by atoms with Crippen LogP contribution in [0.15, 0.2) is 6.07 Å². The molecule has 4 heteroatoms. The maximum Gasteiger partial charge on any atom is 0.170 e. The molecule has 0 amide bonds. The highest BCUT2D eigenvalue weighted by Gasteiger charge is 2.45. The van der Waals surface area contributed by atoms with Gasteiger partial charge in [-0.3, -0.25) is 4.79 Å². The molecule has 0 N–H and O–H groups in total. The highest BCUT2D eigenvalue weighted by molar-refractivity contribution is 6.45. The van der Waals surface area contributed by atoms with Crippen LogP contribution in [0, 0.1) is 11.3 Å². The van der Waals surface area contributed by atoms with Gasteiger partial charge in [0.1, 0.15) is 10.8 Å². The van der Waals surface area contributed by atoms with E-state index in [-0.39, 0.29) is 11.2 Å². The van der Waals surface area contributed by atoms with E-state index in [9.17, 15) is 4.79 Å². The van der Waals surface area contributed by atoms with Crippen LogP contribution >= 0.6 is 23.2 Å². The van der Waals surface area contributed by atoms with Crippen LogP contribution in [-0.2, 0) is 6.42 Å². The number of ketones is 1. The van der Waals surface area contributed by atoms with Crippen LogP contribution in [0.4, 0.5) is 0 Å². The van der Waals surface area contributed by atoms with Crippen molar-refractivity contribution in [2.45, 2.75) is 51.9 Å². The average Bonchev–Trinajstić information content (AvgIpc) is 3.01. The van der Waals surface area contributed by atoms with Gasteiger partial charge in [0, 0.05) is 11.0 Å². The predicted molar refractivity (Wildman–Crippen MR) is 90.3 cm³/mol. The standard InChI is InChI=1S/C18H22Cl2O2/c1-18(12-7-3-4-8-12)9-5-6-11-10-13(22-2)15(19)16(20)14(11)17(18)21/h10,12H,3-9H2,1-2H3. The Kier molecular flexibility index (Phi) is 4.44. The van der Waals surface area contributed by atoms with Gasteiger partial charge in [-0.25, -0.2) is 0 Å². The zero-order valence-corrected chi connectivity index (χ0v) is 14.7. The van der Waals surface area contributed by atoms with Gasteiger partial charge >= 0.3 is 0 Å². The van der Waals surface area contributed by atoms with Crippen LogP contribution in [0.3, 0.4) is 0 Å². The van der Waals surface area contributed by atoms with E-state index in [1.807, 2.05) is 6.07 Å². The molecule has 2 aliphatic carbocycles. The molecule has 0 heterocycles. The van der Waals surface area contributed by atoms with Crippen molar-refractivity contribution in [3.05, 3.63) is 27.2 Å². The lowest BCUT2D eigenvalue weighted by atomic mass is 9.69. The molecule has 0 bridgehead atoms. The fourth-order valence-electron chi connectivity index (χ4n) is 4.24. The molecular formula is C18H22Cl2O2. The number of Topliss-reactive ketones (excluding diaryl/α,β-unsaturated/α-hetero) is 1. The third-order valence-corrected chi connectivity index (χ3v) is 6.47. The summed E-state index contributed by atoms with van der Waals surface area (Å²) in [5, 5.41) is 0.721. The third kappa shape index (κ3) is 2.45. The Hall–Kier alpha value is -0.730. The molecule has 0 saturated heterocycles. The minimum absolute atomic E-state index is 0.182. The van der Waals surface area contributed by atoms with E-state index in [1.54, 1.807) is 7.11 Å². The van der Waals surface area contributed by atoms with Crippen LogP contribution in [0.2, 0.25) is 10.0 Å². The molecule has 0 radical (unpaired) electrons. The molecule has 0 aromatic heterocycles. The smallest absolute Gasteiger partial charge is 0.170 e. The number of methoxy groups -OCH3 is 1. The van der Waals surface area contributed by atoms with Crippen molar-refractivity contribution in [2.75, 3.05) is 7.11 Å². The number of ether oxygens (including phenoxy) is 1. The molecule has 2 aliphatic rings. The van der Waals surface area contributed by atoms with Crippen molar-refractivity contribution < 1.29 is 9.53 Å². The zero-order chi connectivity index (χ0) is 15.9. The summed E-state index contributed by atoms with van der Waals surface area (Å²) in [6, 6.07) is 1.89. The number of hydrogen-bond acceptors (Lipinski definition) is 2. The molecule has 1 atom stereocenters. The summed E-state index contributed by atoms with van der Waals surface area (Å²) in [7, 11) is 1.57. The summed E-state index contributed by atoms with van der Waals surface area (Å²) in [6.45, 7) is 2.13. The highest BCUT2D eigenvalue weighted by atomic mass is 35.5. The number of carbonyl (C=O) groups excluding carboxylic acids is 1. The molecular weight excluding hydrogens is 319 g/mol. The summed E-state index contributed by atoms with van der Waals surface area (Å²) < 4.78 is 5.29. The second-order valence-electron chi connectivity index (χ2n) is 6.82. The molecule has 1 fully saturated rings. The predicted octanol–water partition coefficient (Wildman–Crippen LogP) is 5.72. The number of aryl methyl sites for hydroxylation is 1. The fourth-order valence-corrected chi connectivity index (χ4v) is 4.77. The maximum absolute atomic E-state index is 13.3. The first-order valence-corrected chi connectivity index (χ1v) is 8.84. The molecule has 1 aromatic carbocycles. The second-order valence-corrected chi connectivity index (χ2v) is 7.58. The van der Waals surface area contributed by atoms with Crippen molar-refractivity contribution in [1.29, 1.82) is 0 Å². The lowest BCUT2D eigenvalue weighted by molar-refractivity contribution is 0.0690. The van der Waals surface area contributed by atoms with E-state index in [0.29, 0.717) is 27.3 Å². The molecule has 0 aliphatic heterocycles. The minimum Gasteiger partial charge on any atom is -0.495 e. The molecule has 0 spiro atoms. The number of benzene rings is 1. The van der Waals surface area contributed by atoms with Crippen molar-refractivity contribution in [3.63, 3.8) is 0 Å². The number of rotatable bonds is 2. The van der Waals surface area contributed by atoms with Crippen LogP contribution in [-0.4, -0.2) is 12.9 Å². The van der Waals surface area contributed by atoms with Gasteiger partial charge in [0.15, 0.2) is 5.78 Å². The van der Waals surface area contributed by atoms with E-state index < -0.39 is 0 Å². The summed E-state index contributed by atoms with van der Waals surface area (Å²) in [5.41, 5.74) is 1.32. The summed E-state index contributed by atoms with van der Waals surface area (Å²) in [6.07, 6.45) is 7.57. The Morgan fingerprint density at radius 1 is 1.18 bits per heavy atom. The summed E-state index contributed by atoms with van der Waals surface area (Å²) in [5.74, 6) is 1.21. The van der Waals surface area contributed by atoms with Crippen LogP contribution in [0.1, 0.15) is 61.4 Å². The van der Waals surface area contributed by atoms with Gasteiger partial charge in [-0.05, 0) is 49.7 Å². The quantitative estimate of drug-likeness (QED) is 0.643. The van der Waals surface area contributed by atoms with Crippen LogP contribution in [0.5, 0.6) is 5.75 Å². The van der Waals surface area contributed by atoms with E-state index in [1.165, 1.54) is 12.8 Å². The number of fused-ring (bicyclic) bond motifs is 1. The highest BCUT2D eigenvalue weighted by Crippen LogP contribution is 2.49. The van der Waals surface area contributed by atoms with Gasteiger partial charge in [-0.15, -0.1) is 0 Å². The van der Waals surface area contributed by atoms with Crippen molar-refractivity contribution in [2.24, 2.45) is 11.3 Å². The van der Waals surface area contributed by atoms with Crippen LogP contribution in [0.25, 0.3) is 0 Å². The SMILES string of the molecule is COc1cc2c(c(Cl)c1Cl)C(=O)C(C)(C1CCCC1)CCC2.